The van der Waals surface area contributed by atoms with Crippen molar-refractivity contribution in [1.82, 2.24) is 5.32 Å². The molecular formula is C14H20F3NO. The van der Waals surface area contributed by atoms with E-state index in [4.69, 9.17) is 0 Å². The monoisotopic (exact) mass is 275 g/mol. The lowest BCUT2D eigenvalue weighted by Gasteiger charge is -2.24. The molecule has 0 amide bonds. The summed E-state index contributed by atoms with van der Waals surface area (Å²) in [6.07, 6.45) is -2.81. The number of ether oxygens (including phenoxy) is 1. The lowest BCUT2D eigenvalue weighted by Crippen LogP contribution is -2.21. The SMILES string of the molecule is CNCCC(C)(C)Cc1ccc(OC(F)(F)F)cc1. The van der Waals surface area contributed by atoms with Crippen LogP contribution in [-0.2, 0) is 6.42 Å². The molecule has 0 spiro atoms. The van der Waals surface area contributed by atoms with Gasteiger partial charge in [-0.3, -0.25) is 0 Å². The first-order valence-corrected chi connectivity index (χ1v) is 6.21. The molecule has 0 aliphatic heterocycles. The number of rotatable bonds is 6. The summed E-state index contributed by atoms with van der Waals surface area (Å²) < 4.78 is 39.9. The molecule has 2 nitrogen and oxygen atoms in total. The zero-order valence-electron chi connectivity index (χ0n) is 11.5. The highest BCUT2D eigenvalue weighted by Crippen LogP contribution is 2.28. The van der Waals surface area contributed by atoms with Crippen molar-refractivity contribution < 1.29 is 17.9 Å². The molecule has 0 aliphatic carbocycles. The fraction of sp³-hybridized carbons (Fsp3) is 0.571. The summed E-state index contributed by atoms with van der Waals surface area (Å²) in [4.78, 5) is 0. The Balaban J connectivity index is 2.61. The van der Waals surface area contributed by atoms with E-state index in [1.165, 1.54) is 12.1 Å². The highest BCUT2D eigenvalue weighted by molar-refractivity contribution is 5.28. The van der Waals surface area contributed by atoms with Gasteiger partial charge in [0.2, 0.25) is 0 Å². The quantitative estimate of drug-likeness (QED) is 0.853. The van der Waals surface area contributed by atoms with E-state index in [9.17, 15) is 13.2 Å². The van der Waals surface area contributed by atoms with Crippen LogP contribution in [0.4, 0.5) is 13.2 Å². The predicted octanol–water partition coefficient (Wildman–Crippen LogP) is 3.76. The van der Waals surface area contributed by atoms with Crippen molar-refractivity contribution in [3.05, 3.63) is 29.8 Å². The maximum absolute atomic E-state index is 12.0. The molecule has 1 aromatic rings. The molecule has 1 rings (SSSR count). The Labute approximate surface area is 112 Å². The summed E-state index contributed by atoms with van der Waals surface area (Å²) in [5, 5.41) is 3.10. The smallest absolute Gasteiger partial charge is 0.406 e. The first-order chi connectivity index (χ1) is 8.72. The van der Waals surface area contributed by atoms with Gasteiger partial charge in [-0.25, -0.2) is 0 Å². The summed E-state index contributed by atoms with van der Waals surface area (Å²) in [6, 6.07) is 6.08. The van der Waals surface area contributed by atoms with Crippen LogP contribution in [0.1, 0.15) is 25.8 Å². The average Bonchev–Trinajstić information content (AvgIpc) is 2.27. The third-order valence-electron chi connectivity index (χ3n) is 2.89. The molecule has 0 aliphatic rings. The zero-order chi connectivity index (χ0) is 14.5. The van der Waals surface area contributed by atoms with Crippen molar-refractivity contribution in [2.24, 2.45) is 5.41 Å². The molecule has 0 saturated heterocycles. The van der Waals surface area contributed by atoms with Crippen molar-refractivity contribution in [1.29, 1.82) is 0 Å². The van der Waals surface area contributed by atoms with Gasteiger partial charge in [0.1, 0.15) is 5.75 Å². The van der Waals surface area contributed by atoms with E-state index in [2.05, 4.69) is 23.9 Å². The van der Waals surface area contributed by atoms with E-state index >= 15 is 0 Å². The van der Waals surface area contributed by atoms with Gasteiger partial charge in [0.05, 0.1) is 0 Å². The minimum Gasteiger partial charge on any atom is -0.406 e. The van der Waals surface area contributed by atoms with E-state index in [1.54, 1.807) is 12.1 Å². The van der Waals surface area contributed by atoms with Crippen LogP contribution >= 0.6 is 0 Å². The molecule has 0 heterocycles. The molecule has 0 unspecified atom stereocenters. The Morgan fingerprint density at radius 1 is 1.11 bits per heavy atom. The zero-order valence-corrected chi connectivity index (χ0v) is 11.5. The Kier molecular flexibility index (Phi) is 5.23. The Morgan fingerprint density at radius 3 is 2.16 bits per heavy atom. The second-order valence-corrected chi connectivity index (χ2v) is 5.39. The van der Waals surface area contributed by atoms with Crippen LogP contribution in [0, 0.1) is 5.41 Å². The predicted molar refractivity (Wildman–Crippen MR) is 69.2 cm³/mol. The maximum Gasteiger partial charge on any atom is 0.573 e. The van der Waals surface area contributed by atoms with E-state index in [-0.39, 0.29) is 11.2 Å². The maximum atomic E-state index is 12.0. The van der Waals surface area contributed by atoms with Crippen LogP contribution in [0.5, 0.6) is 5.75 Å². The largest absolute Gasteiger partial charge is 0.573 e. The van der Waals surface area contributed by atoms with Gasteiger partial charge in [-0.1, -0.05) is 26.0 Å². The van der Waals surface area contributed by atoms with Crippen LogP contribution in [0.2, 0.25) is 0 Å². The molecule has 5 heteroatoms. The fourth-order valence-electron chi connectivity index (χ4n) is 1.91. The first kappa shape index (κ1) is 15.8. The molecular weight excluding hydrogens is 255 g/mol. The van der Waals surface area contributed by atoms with Gasteiger partial charge in [-0.05, 0) is 49.5 Å². The number of benzene rings is 1. The van der Waals surface area contributed by atoms with E-state index in [0.717, 1.165) is 24.9 Å². The second kappa shape index (κ2) is 6.28. The molecule has 0 radical (unpaired) electrons. The van der Waals surface area contributed by atoms with Gasteiger partial charge >= 0.3 is 6.36 Å². The van der Waals surface area contributed by atoms with Crippen LogP contribution in [0.3, 0.4) is 0 Å². The lowest BCUT2D eigenvalue weighted by molar-refractivity contribution is -0.274. The number of nitrogens with one attached hydrogen (secondary N) is 1. The summed E-state index contributed by atoms with van der Waals surface area (Å²) in [5.41, 5.74) is 1.12. The van der Waals surface area contributed by atoms with Crippen molar-refractivity contribution >= 4 is 0 Å². The highest BCUT2D eigenvalue weighted by atomic mass is 19.4. The van der Waals surface area contributed by atoms with Crippen molar-refractivity contribution in [3.8, 4) is 5.75 Å². The summed E-state index contributed by atoms with van der Waals surface area (Å²) >= 11 is 0. The number of hydrogen-bond donors (Lipinski definition) is 1. The molecule has 108 valence electrons. The number of hydrogen-bond acceptors (Lipinski definition) is 2. The van der Waals surface area contributed by atoms with Crippen molar-refractivity contribution in [2.75, 3.05) is 13.6 Å². The number of alkyl halides is 3. The minimum atomic E-state index is -4.63. The Bertz CT molecular complexity index is 385. The van der Waals surface area contributed by atoms with Gasteiger partial charge in [-0.2, -0.15) is 0 Å². The highest BCUT2D eigenvalue weighted by Gasteiger charge is 2.31. The van der Waals surface area contributed by atoms with E-state index in [0.29, 0.717) is 0 Å². The van der Waals surface area contributed by atoms with Crippen molar-refractivity contribution in [2.45, 2.75) is 33.1 Å². The molecule has 0 atom stereocenters. The molecule has 0 fully saturated rings. The van der Waals surface area contributed by atoms with Gasteiger partial charge in [0, 0.05) is 0 Å². The number of halogens is 3. The van der Waals surface area contributed by atoms with Gasteiger partial charge in [0.15, 0.2) is 0 Å². The fourth-order valence-corrected chi connectivity index (χ4v) is 1.91. The molecule has 0 bridgehead atoms. The Hall–Kier alpha value is -1.23. The van der Waals surface area contributed by atoms with Crippen LogP contribution in [0.25, 0.3) is 0 Å². The third-order valence-corrected chi connectivity index (χ3v) is 2.89. The standard InChI is InChI=1S/C14H20F3NO/c1-13(2,8-9-18-3)10-11-4-6-12(7-5-11)19-14(15,16)17/h4-7,18H,8-10H2,1-3H3. The van der Waals surface area contributed by atoms with E-state index in [1.807, 2.05) is 7.05 Å². The average molecular weight is 275 g/mol. The van der Waals surface area contributed by atoms with E-state index < -0.39 is 6.36 Å². The molecule has 0 saturated carbocycles. The van der Waals surface area contributed by atoms with Crippen LogP contribution in [0.15, 0.2) is 24.3 Å². The van der Waals surface area contributed by atoms with Crippen LogP contribution in [-0.4, -0.2) is 20.0 Å². The summed E-state index contributed by atoms with van der Waals surface area (Å²) in [6.45, 7) is 5.21. The van der Waals surface area contributed by atoms with Crippen molar-refractivity contribution in [3.63, 3.8) is 0 Å². The van der Waals surface area contributed by atoms with Crippen LogP contribution < -0.4 is 10.1 Å². The summed E-state index contributed by atoms with van der Waals surface area (Å²) in [5.74, 6) is -0.177. The minimum absolute atomic E-state index is 0.107. The topological polar surface area (TPSA) is 21.3 Å². The molecule has 19 heavy (non-hydrogen) atoms. The first-order valence-electron chi connectivity index (χ1n) is 6.21. The molecule has 0 aromatic heterocycles. The molecule has 1 aromatic carbocycles. The lowest BCUT2D eigenvalue weighted by atomic mass is 9.83. The summed E-state index contributed by atoms with van der Waals surface area (Å²) in [7, 11) is 1.90. The van der Waals surface area contributed by atoms with Gasteiger partial charge in [0.25, 0.3) is 0 Å². The van der Waals surface area contributed by atoms with Gasteiger partial charge < -0.3 is 10.1 Å². The second-order valence-electron chi connectivity index (χ2n) is 5.39. The molecule has 1 N–H and O–H groups in total. The normalized spacial score (nSPS) is 12.5. The third kappa shape index (κ3) is 6.47. The van der Waals surface area contributed by atoms with Gasteiger partial charge in [-0.15, -0.1) is 13.2 Å². The Morgan fingerprint density at radius 2 is 1.68 bits per heavy atom.